The summed E-state index contributed by atoms with van der Waals surface area (Å²) in [4.78, 5) is 23.6. The van der Waals surface area contributed by atoms with Crippen molar-refractivity contribution >= 4 is 13.8 Å². The molecule has 0 fully saturated rings. The lowest BCUT2D eigenvalue weighted by Crippen LogP contribution is -2.37. The number of phosphoric ester groups is 1. The first-order chi connectivity index (χ1) is 15.6. The van der Waals surface area contributed by atoms with Gasteiger partial charge in [0.15, 0.2) is 0 Å². The molecule has 2 unspecified atom stereocenters. The predicted molar refractivity (Wildman–Crippen MR) is 130 cm³/mol. The average Bonchev–Trinajstić information content (AvgIpc) is 2.73. The van der Waals surface area contributed by atoms with Crippen molar-refractivity contribution in [3.05, 3.63) is 12.2 Å². The van der Waals surface area contributed by atoms with Gasteiger partial charge < -0.3 is 27.9 Å². The van der Waals surface area contributed by atoms with Crippen LogP contribution in [0, 0.1) is 0 Å². The predicted octanol–water partition coefficient (Wildman–Crippen LogP) is 4.62. The van der Waals surface area contributed by atoms with Gasteiger partial charge in [0.2, 0.25) is 0 Å². The molecule has 0 saturated carbocycles. The van der Waals surface area contributed by atoms with Crippen LogP contribution in [0.3, 0.4) is 0 Å². The molecule has 0 aliphatic carbocycles. The van der Waals surface area contributed by atoms with E-state index in [0.29, 0.717) is 17.6 Å². The van der Waals surface area contributed by atoms with Crippen LogP contribution >= 0.6 is 7.82 Å². The van der Waals surface area contributed by atoms with E-state index in [1.165, 1.54) is 44.9 Å². The van der Waals surface area contributed by atoms with Crippen molar-refractivity contribution in [2.75, 3.05) is 54.1 Å². The molecule has 0 heterocycles. The van der Waals surface area contributed by atoms with Crippen molar-refractivity contribution in [3.63, 3.8) is 0 Å². The number of esters is 1. The van der Waals surface area contributed by atoms with E-state index in [4.69, 9.17) is 18.5 Å². The highest BCUT2D eigenvalue weighted by molar-refractivity contribution is 7.45. The summed E-state index contributed by atoms with van der Waals surface area (Å²) in [6.07, 6.45) is 14.4. The Hall–Kier alpha value is -0.760. The number of carbonyl (C=O) groups excluding carboxylic acids is 1. The van der Waals surface area contributed by atoms with Gasteiger partial charge in [0.1, 0.15) is 19.3 Å². The number of likely N-dealkylation sites (N-methyl/N-ethyl adjacent to an activating group) is 1. The summed E-state index contributed by atoms with van der Waals surface area (Å²) >= 11 is 0. The Balaban J connectivity index is 4.04. The second-order valence-electron chi connectivity index (χ2n) is 9.30. The van der Waals surface area contributed by atoms with Crippen LogP contribution in [0.4, 0.5) is 0 Å². The number of rotatable bonds is 22. The normalized spacial score (nSPS) is 15.0. The second kappa shape index (κ2) is 19.5. The molecular weight excluding hydrogens is 445 g/mol. The Kier molecular flexibility index (Phi) is 19.1. The number of hydrogen-bond donors (Lipinski definition) is 0. The Bertz CT molecular complexity index is 564. The second-order valence-corrected chi connectivity index (χ2v) is 10.7. The van der Waals surface area contributed by atoms with Gasteiger partial charge in [-0.15, -0.1) is 0 Å². The molecular formula is C24H48NO7P. The summed E-state index contributed by atoms with van der Waals surface area (Å²) in [5.74, 6) is -0.427. The number of quaternary nitrogens is 1. The molecule has 0 saturated heterocycles. The molecule has 33 heavy (non-hydrogen) atoms. The highest BCUT2D eigenvalue weighted by atomic mass is 31.2. The summed E-state index contributed by atoms with van der Waals surface area (Å²) in [7, 11) is 1.34. The highest BCUT2D eigenvalue weighted by Gasteiger charge is 2.19. The Morgan fingerprint density at radius 1 is 0.909 bits per heavy atom. The van der Waals surface area contributed by atoms with Crippen molar-refractivity contribution in [3.8, 4) is 0 Å². The van der Waals surface area contributed by atoms with Crippen LogP contribution in [0.2, 0.25) is 0 Å². The summed E-state index contributed by atoms with van der Waals surface area (Å²) in [6.45, 7) is 4.72. The molecule has 2 atom stereocenters. The van der Waals surface area contributed by atoms with Crippen molar-refractivity contribution in [2.24, 2.45) is 0 Å². The fourth-order valence-corrected chi connectivity index (χ4v) is 3.54. The van der Waals surface area contributed by atoms with Gasteiger partial charge in [0.25, 0.3) is 7.82 Å². The van der Waals surface area contributed by atoms with Gasteiger partial charge in [-0.3, -0.25) is 9.36 Å². The number of nitrogens with zero attached hydrogens (tertiary/aromatic N) is 1. The van der Waals surface area contributed by atoms with Crippen molar-refractivity contribution in [1.29, 1.82) is 0 Å². The topological polar surface area (TPSA) is 94.1 Å². The fraction of sp³-hybridized carbons (Fsp3) is 0.875. The standard InChI is InChI=1S/C24H48NO7P/c1-6-8-9-10-11-12-13-14-15-16-17-19-29-21-23(32-24(26)7-2)22-31-33(27,28)30-20-18-25(3,4)5/h9-10,23H,6-8,11-22H2,1-5H3/b10-9-. The van der Waals surface area contributed by atoms with E-state index in [2.05, 4.69) is 19.1 Å². The van der Waals surface area contributed by atoms with Crippen LogP contribution in [-0.4, -0.2) is 70.7 Å². The van der Waals surface area contributed by atoms with E-state index < -0.39 is 19.9 Å². The molecule has 196 valence electrons. The maximum atomic E-state index is 12.0. The van der Waals surface area contributed by atoms with Gasteiger partial charge in [-0.05, 0) is 25.7 Å². The molecule has 0 amide bonds. The van der Waals surface area contributed by atoms with E-state index in [1.54, 1.807) is 6.92 Å². The lowest BCUT2D eigenvalue weighted by Gasteiger charge is -2.28. The summed E-state index contributed by atoms with van der Waals surface area (Å²) in [5, 5.41) is 0. The lowest BCUT2D eigenvalue weighted by atomic mass is 10.1. The van der Waals surface area contributed by atoms with Crippen LogP contribution in [0.5, 0.6) is 0 Å². The molecule has 0 radical (unpaired) electrons. The number of phosphoric acid groups is 1. The largest absolute Gasteiger partial charge is 0.756 e. The quantitative estimate of drug-likeness (QED) is 0.0714. The summed E-state index contributed by atoms with van der Waals surface area (Å²) in [5.41, 5.74) is 0. The molecule has 8 nitrogen and oxygen atoms in total. The molecule has 0 aromatic carbocycles. The van der Waals surface area contributed by atoms with E-state index >= 15 is 0 Å². The molecule has 0 aromatic rings. The van der Waals surface area contributed by atoms with Crippen LogP contribution < -0.4 is 4.89 Å². The Morgan fingerprint density at radius 2 is 1.55 bits per heavy atom. The smallest absolute Gasteiger partial charge is 0.305 e. The lowest BCUT2D eigenvalue weighted by molar-refractivity contribution is -0.870. The number of unbranched alkanes of at least 4 members (excludes halogenated alkanes) is 7. The van der Waals surface area contributed by atoms with Crippen molar-refractivity contribution < 1.29 is 37.3 Å². The third-order valence-corrected chi connectivity index (χ3v) is 5.82. The molecule has 0 rings (SSSR count). The molecule has 9 heteroatoms. The van der Waals surface area contributed by atoms with Gasteiger partial charge in [-0.2, -0.15) is 0 Å². The van der Waals surface area contributed by atoms with E-state index in [9.17, 15) is 14.3 Å². The van der Waals surface area contributed by atoms with Gasteiger partial charge in [-0.1, -0.05) is 58.1 Å². The minimum atomic E-state index is -4.47. The molecule has 0 aliphatic rings. The van der Waals surface area contributed by atoms with Crippen LogP contribution in [-0.2, 0) is 27.9 Å². The first-order valence-corrected chi connectivity index (χ1v) is 13.9. The highest BCUT2D eigenvalue weighted by Crippen LogP contribution is 2.38. The SMILES string of the molecule is CCC/C=C\CCCCCCCCOCC(COP(=O)([O-])OCC[N+](C)(C)C)OC(=O)CC. The zero-order valence-electron chi connectivity index (χ0n) is 21.6. The number of ether oxygens (including phenoxy) is 2. The molecule has 0 bridgehead atoms. The first kappa shape index (κ1) is 32.2. The zero-order chi connectivity index (χ0) is 25.0. The van der Waals surface area contributed by atoms with Crippen LogP contribution in [0.25, 0.3) is 0 Å². The monoisotopic (exact) mass is 493 g/mol. The maximum Gasteiger partial charge on any atom is 0.305 e. The molecule has 0 spiro atoms. The van der Waals surface area contributed by atoms with Crippen LogP contribution in [0.15, 0.2) is 12.2 Å². The van der Waals surface area contributed by atoms with Gasteiger partial charge in [0.05, 0.1) is 34.4 Å². The summed E-state index contributed by atoms with van der Waals surface area (Å²) in [6, 6.07) is 0. The van der Waals surface area contributed by atoms with E-state index in [-0.39, 0.29) is 26.2 Å². The summed E-state index contributed by atoms with van der Waals surface area (Å²) < 4.78 is 33.2. The molecule has 0 aliphatic heterocycles. The molecule has 0 N–H and O–H groups in total. The first-order valence-electron chi connectivity index (χ1n) is 12.4. The Morgan fingerprint density at radius 3 is 2.18 bits per heavy atom. The third-order valence-electron chi connectivity index (χ3n) is 4.85. The zero-order valence-corrected chi connectivity index (χ0v) is 22.5. The Labute approximate surface area is 201 Å². The van der Waals surface area contributed by atoms with Gasteiger partial charge in [0, 0.05) is 13.0 Å². The van der Waals surface area contributed by atoms with E-state index in [1.807, 2.05) is 21.1 Å². The number of allylic oxidation sites excluding steroid dienone is 2. The van der Waals surface area contributed by atoms with Gasteiger partial charge in [-0.25, -0.2) is 0 Å². The van der Waals surface area contributed by atoms with Crippen molar-refractivity contribution in [2.45, 2.75) is 84.2 Å². The van der Waals surface area contributed by atoms with Gasteiger partial charge >= 0.3 is 5.97 Å². The minimum Gasteiger partial charge on any atom is -0.756 e. The molecule has 0 aromatic heterocycles. The third kappa shape index (κ3) is 22.8. The number of hydrogen-bond acceptors (Lipinski definition) is 7. The van der Waals surface area contributed by atoms with E-state index in [0.717, 1.165) is 12.8 Å². The van der Waals surface area contributed by atoms with Crippen LogP contribution in [0.1, 0.15) is 78.1 Å². The number of carbonyl (C=O) groups is 1. The maximum absolute atomic E-state index is 12.0. The fourth-order valence-electron chi connectivity index (χ4n) is 2.81. The average molecular weight is 494 g/mol. The minimum absolute atomic E-state index is 0.0236. The van der Waals surface area contributed by atoms with Crippen molar-refractivity contribution in [1.82, 2.24) is 0 Å².